The molecule has 2 rings (SSSR count). The number of carbonyl (C=O) groups excluding carboxylic acids is 1. The van der Waals surface area contributed by atoms with E-state index in [1.54, 1.807) is 0 Å². The molecular weight excluding hydrogens is 336 g/mol. The van der Waals surface area contributed by atoms with Crippen molar-refractivity contribution < 1.29 is 16.1 Å². The van der Waals surface area contributed by atoms with Crippen LogP contribution in [0.3, 0.4) is 0 Å². The van der Waals surface area contributed by atoms with Gasteiger partial charge in [-0.3, -0.25) is 4.79 Å². The molecule has 0 aromatic carbocycles. The van der Waals surface area contributed by atoms with E-state index < -0.39 is 0 Å². The van der Waals surface area contributed by atoms with Gasteiger partial charge >= 0.3 is 5.97 Å². The van der Waals surface area contributed by atoms with E-state index in [4.69, 9.17) is 4.74 Å². The molecule has 0 heterocycles. The maximum atomic E-state index is 11.8. The smallest absolute Gasteiger partial charge is 0.311 e. The number of hydrogen-bond acceptors (Lipinski definition) is 3. The van der Waals surface area contributed by atoms with Crippen LogP contribution < -0.4 is 0 Å². The third-order valence-electron chi connectivity index (χ3n) is 7.37. The SMILES string of the molecule is CC1CCC(C(C)(C)CO)CC1.CCOC(=O)C(C)(C)C1CCC(C)CC1.[HH]. The minimum atomic E-state index is -0.295. The number of rotatable bonds is 5. The van der Waals surface area contributed by atoms with Gasteiger partial charge in [0, 0.05) is 8.03 Å². The van der Waals surface area contributed by atoms with E-state index in [-0.39, 0.29) is 18.2 Å². The lowest BCUT2D eigenvalue weighted by Crippen LogP contribution is -2.36. The predicted octanol–water partition coefficient (Wildman–Crippen LogP) is 6.48. The monoisotopic (exact) mass is 384 g/mol. The fourth-order valence-corrected chi connectivity index (χ4v) is 4.64. The van der Waals surface area contributed by atoms with Gasteiger partial charge in [0.25, 0.3) is 0 Å². The lowest BCUT2D eigenvalue weighted by molar-refractivity contribution is -0.157. The third-order valence-corrected chi connectivity index (χ3v) is 7.37. The molecule has 0 aliphatic heterocycles. The van der Waals surface area contributed by atoms with E-state index in [0.717, 1.165) is 17.8 Å². The van der Waals surface area contributed by atoms with Crippen molar-refractivity contribution in [1.29, 1.82) is 0 Å². The second kappa shape index (κ2) is 10.8. The molecule has 0 amide bonds. The molecule has 0 radical (unpaired) electrons. The Morgan fingerprint density at radius 3 is 1.67 bits per heavy atom. The van der Waals surface area contributed by atoms with Crippen molar-refractivity contribution in [3.8, 4) is 0 Å². The van der Waals surface area contributed by atoms with Gasteiger partial charge in [-0.15, -0.1) is 0 Å². The largest absolute Gasteiger partial charge is 0.466 e. The van der Waals surface area contributed by atoms with Gasteiger partial charge < -0.3 is 9.84 Å². The molecule has 162 valence electrons. The molecule has 1 N–H and O–H groups in total. The van der Waals surface area contributed by atoms with Crippen molar-refractivity contribution in [2.24, 2.45) is 34.5 Å². The van der Waals surface area contributed by atoms with Crippen LogP contribution in [0.5, 0.6) is 0 Å². The molecule has 3 heteroatoms. The van der Waals surface area contributed by atoms with Gasteiger partial charge in [-0.05, 0) is 75.5 Å². The first kappa shape index (κ1) is 24.5. The van der Waals surface area contributed by atoms with Crippen molar-refractivity contribution in [2.75, 3.05) is 13.2 Å². The zero-order valence-corrected chi connectivity index (χ0v) is 19.1. The van der Waals surface area contributed by atoms with Crippen LogP contribution in [-0.2, 0) is 9.53 Å². The van der Waals surface area contributed by atoms with Gasteiger partial charge in [-0.1, -0.05) is 53.4 Å². The molecule has 0 aromatic rings. The first-order chi connectivity index (χ1) is 12.5. The lowest BCUT2D eigenvalue weighted by Gasteiger charge is -2.37. The van der Waals surface area contributed by atoms with Gasteiger partial charge in [0.2, 0.25) is 0 Å². The lowest BCUT2D eigenvalue weighted by atomic mass is 9.69. The Morgan fingerprint density at radius 1 is 0.889 bits per heavy atom. The number of aliphatic hydroxyl groups excluding tert-OH is 1. The summed E-state index contributed by atoms with van der Waals surface area (Å²) in [5.74, 6) is 2.98. The van der Waals surface area contributed by atoms with E-state index in [9.17, 15) is 9.90 Å². The Labute approximate surface area is 170 Å². The minimum Gasteiger partial charge on any atom is -0.466 e. The molecule has 3 nitrogen and oxygen atoms in total. The molecule has 0 bridgehead atoms. The molecular formula is C24H48O3. The summed E-state index contributed by atoms with van der Waals surface area (Å²) >= 11 is 0. The highest BCUT2D eigenvalue weighted by molar-refractivity contribution is 5.76. The summed E-state index contributed by atoms with van der Waals surface area (Å²) in [6.45, 7) is 15.8. The summed E-state index contributed by atoms with van der Waals surface area (Å²) < 4.78 is 5.15. The van der Waals surface area contributed by atoms with E-state index in [1.807, 2.05) is 20.8 Å². The number of aliphatic hydroxyl groups is 1. The number of esters is 1. The fraction of sp³-hybridized carbons (Fsp3) is 0.958. The van der Waals surface area contributed by atoms with Crippen molar-refractivity contribution in [3.63, 3.8) is 0 Å². The quantitative estimate of drug-likeness (QED) is 0.552. The second-order valence-electron chi connectivity index (χ2n) is 10.5. The topological polar surface area (TPSA) is 46.5 Å². The van der Waals surface area contributed by atoms with Crippen LogP contribution in [0.25, 0.3) is 0 Å². The standard InChI is InChI=1S/C13H24O2.C11H22O.H2/c1-5-15-12(14)13(3,4)11-8-6-10(2)7-9-11;1-9-4-6-10(7-5-9)11(2,3)8-12;/h10-11H,5-9H2,1-4H3;9-10,12H,4-8H2,1-3H3;1H. The minimum absolute atomic E-state index is 0. The predicted molar refractivity (Wildman–Crippen MR) is 116 cm³/mol. The van der Waals surface area contributed by atoms with E-state index in [1.165, 1.54) is 51.4 Å². The molecule has 0 spiro atoms. The molecule has 2 aliphatic rings. The zero-order valence-electron chi connectivity index (χ0n) is 19.1. The third kappa shape index (κ3) is 7.40. The first-order valence-electron chi connectivity index (χ1n) is 11.3. The Balaban J connectivity index is 0.000000514. The first-order valence-corrected chi connectivity index (χ1v) is 11.3. The normalized spacial score (nSPS) is 29.5. The van der Waals surface area contributed by atoms with Crippen molar-refractivity contribution in [2.45, 2.75) is 99.8 Å². The number of carbonyl (C=O) groups is 1. The highest BCUT2D eigenvalue weighted by atomic mass is 16.5. The van der Waals surface area contributed by atoms with Crippen molar-refractivity contribution >= 4 is 5.97 Å². The van der Waals surface area contributed by atoms with Crippen molar-refractivity contribution in [1.82, 2.24) is 0 Å². The average Bonchev–Trinajstić information content (AvgIpc) is 2.63. The average molecular weight is 385 g/mol. The van der Waals surface area contributed by atoms with Crippen LogP contribution in [0.1, 0.15) is 101 Å². The molecule has 2 aliphatic carbocycles. The summed E-state index contributed by atoms with van der Waals surface area (Å²) in [7, 11) is 0. The van der Waals surface area contributed by atoms with Crippen LogP contribution in [0.15, 0.2) is 0 Å². The van der Waals surface area contributed by atoms with Crippen LogP contribution in [0.2, 0.25) is 0 Å². The second-order valence-corrected chi connectivity index (χ2v) is 10.5. The van der Waals surface area contributed by atoms with Gasteiger partial charge in [0.1, 0.15) is 0 Å². The molecule has 2 fully saturated rings. The summed E-state index contributed by atoms with van der Waals surface area (Å²) in [6.07, 6.45) is 10.2. The van der Waals surface area contributed by atoms with Gasteiger partial charge in [-0.2, -0.15) is 0 Å². The van der Waals surface area contributed by atoms with E-state index >= 15 is 0 Å². The Hall–Kier alpha value is -0.570. The van der Waals surface area contributed by atoms with Gasteiger partial charge in [0.05, 0.1) is 12.0 Å². The number of hydrogen-bond donors (Lipinski definition) is 1. The molecule has 2 saturated carbocycles. The maximum Gasteiger partial charge on any atom is 0.311 e. The molecule has 0 atom stereocenters. The van der Waals surface area contributed by atoms with Crippen LogP contribution in [0, 0.1) is 34.5 Å². The Bertz CT molecular complexity index is 431. The van der Waals surface area contributed by atoms with Crippen molar-refractivity contribution in [3.05, 3.63) is 0 Å². The summed E-state index contributed by atoms with van der Waals surface area (Å²) in [4.78, 5) is 11.8. The maximum absolute atomic E-state index is 11.8. The highest BCUT2D eigenvalue weighted by Crippen LogP contribution is 2.41. The zero-order chi connectivity index (χ0) is 20.7. The van der Waals surface area contributed by atoms with Gasteiger partial charge in [0.15, 0.2) is 0 Å². The van der Waals surface area contributed by atoms with Crippen LogP contribution >= 0.6 is 0 Å². The summed E-state index contributed by atoms with van der Waals surface area (Å²) in [5, 5.41) is 9.21. The van der Waals surface area contributed by atoms with Crippen LogP contribution in [-0.4, -0.2) is 24.3 Å². The molecule has 27 heavy (non-hydrogen) atoms. The number of ether oxygens (including phenoxy) is 1. The summed E-state index contributed by atoms with van der Waals surface area (Å²) in [5.41, 5.74) is -0.143. The van der Waals surface area contributed by atoms with Gasteiger partial charge in [-0.25, -0.2) is 0 Å². The molecule has 0 unspecified atom stereocenters. The molecule has 0 aromatic heterocycles. The fourth-order valence-electron chi connectivity index (χ4n) is 4.64. The highest BCUT2D eigenvalue weighted by Gasteiger charge is 2.39. The Kier molecular flexibility index (Phi) is 9.82. The molecule has 0 saturated heterocycles. The van der Waals surface area contributed by atoms with E-state index in [2.05, 4.69) is 27.7 Å². The van der Waals surface area contributed by atoms with E-state index in [0.29, 0.717) is 19.1 Å². The van der Waals surface area contributed by atoms with Crippen LogP contribution in [0.4, 0.5) is 0 Å². The Morgan fingerprint density at radius 2 is 1.30 bits per heavy atom. The summed E-state index contributed by atoms with van der Waals surface area (Å²) in [6, 6.07) is 0.